The normalized spacial score (nSPS) is 12.2. The molecule has 5 nitrogen and oxygen atoms in total. The Morgan fingerprint density at radius 3 is 2.26 bits per heavy atom. The number of rotatable bonds is 8. The van der Waals surface area contributed by atoms with E-state index in [1.54, 1.807) is 30.2 Å². The third-order valence-electron chi connectivity index (χ3n) is 4.75. The predicted octanol–water partition coefficient (Wildman–Crippen LogP) is 5.27. The molecule has 0 aliphatic carbocycles. The van der Waals surface area contributed by atoms with Crippen LogP contribution < -0.4 is 10.1 Å². The smallest absolute Gasteiger partial charge is 0.243 e. The van der Waals surface area contributed by atoms with Gasteiger partial charge in [0.15, 0.2) is 0 Å². The van der Waals surface area contributed by atoms with Crippen molar-refractivity contribution in [2.75, 3.05) is 7.11 Å². The van der Waals surface area contributed by atoms with Gasteiger partial charge in [-0.25, -0.2) is 0 Å². The van der Waals surface area contributed by atoms with Gasteiger partial charge in [0.1, 0.15) is 11.8 Å². The summed E-state index contributed by atoms with van der Waals surface area (Å²) in [7, 11) is 1.60. The molecule has 1 atom stereocenters. The fourth-order valence-corrected chi connectivity index (χ4v) is 3.70. The minimum absolute atomic E-state index is 0.0749. The first-order valence-electron chi connectivity index (χ1n) is 10.2. The van der Waals surface area contributed by atoms with Crippen LogP contribution in [0.15, 0.2) is 42.5 Å². The lowest BCUT2D eigenvalue weighted by Gasteiger charge is -2.33. The first kappa shape index (κ1) is 25.0. The summed E-state index contributed by atoms with van der Waals surface area (Å²) in [5.41, 5.74) is 1.17. The maximum atomic E-state index is 13.4. The molecule has 1 unspecified atom stereocenters. The molecule has 0 aromatic heterocycles. The minimum atomic E-state index is -0.611. The third kappa shape index (κ3) is 7.44. The van der Waals surface area contributed by atoms with E-state index in [1.807, 2.05) is 52.0 Å². The molecule has 0 aliphatic rings. The van der Waals surface area contributed by atoms with Gasteiger partial charge < -0.3 is 15.0 Å². The van der Waals surface area contributed by atoms with Gasteiger partial charge in [-0.3, -0.25) is 9.59 Å². The van der Waals surface area contributed by atoms with E-state index >= 15 is 0 Å². The molecule has 0 spiro atoms. The third-order valence-corrected chi connectivity index (χ3v) is 5.34. The van der Waals surface area contributed by atoms with Gasteiger partial charge in [-0.05, 0) is 62.6 Å². The maximum absolute atomic E-state index is 13.4. The molecule has 2 aromatic carbocycles. The van der Waals surface area contributed by atoms with Gasteiger partial charge in [0.05, 0.1) is 13.5 Å². The van der Waals surface area contributed by atoms with E-state index in [4.69, 9.17) is 27.9 Å². The Kier molecular flexibility index (Phi) is 8.78. The van der Waals surface area contributed by atoms with Gasteiger partial charge in [0.2, 0.25) is 11.8 Å². The van der Waals surface area contributed by atoms with Gasteiger partial charge in [-0.1, -0.05) is 48.3 Å². The van der Waals surface area contributed by atoms with Crippen molar-refractivity contribution in [2.45, 2.75) is 58.7 Å². The van der Waals surface area contributed by atoms with Crippen molar-refractivity contribution in [3.63, 3.8) is 0 Å². The number of nitrogens with zero attached hydrogens (tertiary/aromatic N) is 1. The van der Waals surface area contributed by atoms with Crippen LogP contribution >= 0.6 is 23.2 Å². The number of benzene rings is 2. The number of carbonyl (C=O) groups is 2. The van der Waals surface area contributed by atoms with E-state index in [9.17, 15) is 9.59 Å². The lowest BCUT2D eigenvalue weighted by Crippen LogP contribution is -2.53. The Morgan fingerprint density at radius 1 is 1.10 bits per heavy atom. The second kappa shape index (κ2) is 10.9. The molecule has 0 bridgehead atoms. The number of ether oxygens (including phenoxy) is 1. The van der Waals surface area contributed by atoms with Gasteiger partial charge >= 0.3 is 0 Å². The monoisotopic (exact) mass is 464 g/mol. The number of amides is 2. The van der Waals surface area contributed by atoms with E-state index in [-0.39, 0.29) is 18.2 Å². The Bertz CT molecular complexity index is 908. The Hall–Kier alpha value is -2.24. The standard InChI is InChI=1S/C24H30Cl2N2O3/c1-6-21(23(30)27-24(2,3)4)28(15-16-7-11-19(31-5)12-8-16)22(29)13-17-9-10-18(25)14-20(17)26/h7-12,14,21H,6,13,15H2,1-5H3,(H,27,30). The number of carbonyl (C=O) groups excluding carboxylic acids is 2. The number of hydrogen-bond donors (Lipinski definition) is 1. The number of hydrogen-bond acceptors (Lipinski definition) is 3. The molecular weight excluding hydrogens is 435 g/mol. The molecule has 2 amide bonds. The average Bonchev–Trinajstić information content (AvgIpc) is 2.69. The van der Waals surface area contributed by atoms with E-state index in [1.165, 1.54) is 0 Å². The molecule has 7 heteroatoms. The van der Waals surface area contributed by atoms with Crippen LogP contribution in [0.3, 0.4) is 0 Å². The molecule has 2 rings (SSSR count). The zero-order valence-corrected chi connectivity index (χ0v) is 20.2. The van der Waals surface area contributed by atoms with Crippen LogP contribution in [0.25, 0.3) is 0 Å². The highest BCUT2D eigenvalue weighted by molar-refractivity contribution is 6.35. The largest absolute Gasteiger partial charge is 0.497 e. The molecule has 0 saturated heterocycles. The quantitative estimate of drug-likeness (QED) is 0.578. The molecule has 0 fully saturated rings. The van der Waals surface area contributed by atoms with Crippen LogP contribution in [0, 0.1) is 0 Å². The summed E-state index contributed by atoms with van der Waals surface area (Å²) in [6.45, 7) is 7.95. The summed E-state index contributed by atoms with van der Waals surface area (Å²) >= 11 is 12.3. The van der Waals surface area contributed by atoms with Crippen molar-refractivity contribution in [1.82, 2.24) is 10.2 Å². The highest BCUT2D eigenvalue weighted by Gasteiger charge is 2.30. The summed E-state index contributed by atoms with van der Waals surface area (Å²) in [6.07, 6.45) is 0.559. The second-order valence-electron chi connectivity index (χ2n) is 8.45. The van der Waals surface area contributed by atoms with Gasteiger partial charge in [-0.2, -0.15) is 0 Å². The van der Waals surface area contributed by atoms with E-state index < -0.39 is 11.6 Å². The average molecular weight is 465 g/mol. The lowest BCUT2D eigenvalue weighted by molar-refractivity contribution is -0.141. The summed E-state index contributed by atoms with van der Waals surface area (Å²) in [4.78, 5) is 28.0. The Morgan fingerprint density at radius 2 is 1.74 bits per heavy atom. The second-order valence-corrected chi connectivity index (χ2v) is 9.29. The fourth-order valence-electron chi connectivity index (χ4n) is 3.23. The summed E-state index contributed by atoms with van der Waals surface area (Å²) in [5.74, 6) is 0.363. The van der Waals surface area contributed by atoms with Crippen molar-refractivity contribution in [2.24, 2.45) is 0 Å². The van der Waals surface area contributed by atoms with Crippen LogP contribution in [0.4, 0.5) is 0 Å². The van der Waals surface area contributed by atoms with Crippen molar-refractivity contribution >= 4 is 35.0 Å². The highest BCUT2D eigenvalue weighted by atomic mass is 35.5. The summed E-state index contributed by atoms with van der Waals surface area (Å²) in [6, 6.07) is 11.9. The van der Waals surface area contributed by atoms with Crippen LogP contribution in [-0.4, -0.2) is 35.4 Å². The minimum Gasteiger partial charge on any atom is -0.497 e. The zero-order valence-electron chi connectivity index (χ0n) is 18.7. The molecule has 0 saturated carbocycles. The Balaban J connectivity index is 2.34. The molecule has 1 N–H and O–H groups in total. The van der Waals surface area contributed by atoms with Crippen molar-refractivity contribution in [3.05, 3.63) is 63.6 Å². The van der Waals surface area contributed by atoms with E-state index in [2.05, 4.69) is 5.32 Å². The van der Waals surface area contributed by atoms with E-state index in [0.29, 0.717) is 28.6 Å². The number of nitrogens with one attached hydrogen (secondary N) is 1. The SMILES string of the molecule is CCC(C(=O)NC(C)(C)C)N(Cc1ccc(OC)cc1)C(=O)Cc1ccc(Cl)cc1Cl. The van der Waals surface area contributed by atoms with Crippen LogP contribution in [-0.2, 0) is 22.6 Å². The van der Waals surface area contributed by atoms with Gasteiger partial charge in [0.25, 0.3) is 0 Å². The molecule has 31 heavy (non-hydrogen) atoms. The lowest BCUT2D eigenvalue weighted by atomic mass is 10.0. The molecular formula is C24H30Cl2N2O3. The van der Waals surface area contributed by atoms with Crippen molar-refractivity contribution in [3.8, 4) is 5.75 Å². The molecule has 168 valence electrons. The van der Waals surface area contributed by atoms with Crippen molar-refractivity contribution < 1.29 is 14.3 Å². The summed E-state index contributed by atoms with van der Waals surface area (Å²) in [5, 5.41) is 3.93. The first-order chi connectivity index (χ1) is 14.5. The number of halogens is 2. The van der Waals surface area contributed by atoms with Crippen molar-refractivity contribution in [1.29, 1.82) is 0 Å². The highest BCUT2D eigenvalue weighted by Crippen LogP contribution is 2.23. The Labute approximate surface area is 194 Å². The van der Waals surface area contributed by atoms with Crippen LogP contribution in [0.5, 0.6) is 5.75 Å². The predicted molar refractivity (Wildman–Crippen MR) is 126 cm³/mol. The molecule has 0 radical (unpaired) electrons. The van der Waals surface area contributed by atoms with Gasteiger partial charge in [-0.15, -0.1) is 0 Å². The maximum Gasteiger partial charge on any atom is 0.243 e. The zero-order chi connectivity index (χ0) is 23.2. The topological polar surface area (TPSA) is 58.6 Å². The summed E-state index contributed by atoms with van der Waals surface area (Å²) < 4.78 is 5.22. The number of methoxy groups -OCH3 is 1. The fraction of sp³-hybridized carbons (Fsp3) is 0.417. The van der Waals surface area contributed by atoms with Gasteiger partial charge in [0, 0.05) is 22.1 Å². The molecule has 2 aromatic rings. The van der Waals surface area contributed by atoms with E-state index in [0.717, 1.165) is 11.3 Å². The van der Waals surface area contributed by atoms with Crippen LogP contribution in [0.2, 0.25) is 10.0 Å². The van der Waals surface area contributed by atoms with Crippen LogP contribution in [0.1, 0.15) is 45.2 Å². The first-order valence-corrected chi connectivity index (χ1v) is 11.0. The molecule has 0 heterocycles. The molecule has 0 aliphatic heterocycles.